The van der Waals surface area contributed by atoms with Crippen LogP contribution in [-0.2, 0) is 11.3 Å². The lowest BCUT2D eigenvalue weighted by atomic mass is 10.1. The van der Waals surface area contributed by atoms with Gasteiger partial charge in [-0.05, 0) is 24.3 Å². The molecule has 0 fully saturated rings. The minimum atomic E-state index is -0.894. The second kappa shape index (κ2) is 8.71. The maximum absolute atomic E-state index is 14.3. The molecule has 3 rings (SSSR count). The number of amides is 2. The molecule has 3 N–H and O–H groups in total. The fraction of sp³-hybridized carbons (Fsp3) is 0.167. The molecule has 0 unspecified atom stereocenters. The highest BCUT2D eigenvalue weighted by Crippen LogP contribution is 2.21. The summed E-state index contributed by atoms with van der Waals surface area (Å²) in [6.45, 7) is 0.867. The maximum atomic E-state index is 14.3. The lowest BCUT2D eigenvalue weighted by Gasteiger charge is -2.08. The summed E-state index contributed by atoms with van der Waals surface area (Å²) in [6.07, 6.45) is 6.09. The van der Waals surface area contributed by atoms with Crippen LogP contribution in [0.25, 0.3) is 11.4 Å². The number of hydrogen-bond donors (Lipinski definition) is 2. The maximum Gasteiger partial charge on any atom is 0.411 e. The Morgan fingerprint density at radius 2 is 2.07 bits per heavy atom. The first kappa shape index (κ1) is 19.0. The van der Waals surface area contributed by atoms with Gasteiger partial charge in [-0.2, -0.15) is 5.10 Å². The minimum absolute atomic E-state index is 0.107. The minimum Gasteiger partial charge on any atom is -0.449 e. The first-order valence-corrected chi connectivity index (χ1v) is 8.36. The zero-order valence-corrected chi connectivity index (χ0v) is 14.7. The molecule has 0 atom stereocenters. The topological polar surface area (TPSA) is 125 Å². The molecule has 0 radical (unpaired) electrons. The number of nitrogens with one attached hydrogen (secondary N) is 1. The fourth-order valence-electron chi connectivity index (χ4n) is 2.40. The predicted octanol–water partition coefficient (Wildman–Crippen LogP) is 2.22. The summed E-state index contributed by atoms with van der Waals surface area (Å²) in [5, 5.41) is 6.57. The second-order valence-electron chi connectivity index (χ2n) is 5.70. The summed E-state index contributed by atoms with van der Waals surface area (Å²) >= 11 is 0. The van der Waals surface area contributed by atoms with E-state index in [4.69, 9.17) is 10.5 Å². The van der Waals surface area contributed by atoms with Crippen LogP contribution >= 0.6 is 0 Å². The normalized spacial score (nSPS) is 10.5. The molecular weight excluding hydrogens is 367 g/mol. The van der Waals surface area contributed by atoms with E-state index in [2.05, 4.69) is 20.4 Å². The zero-order valence-electron chi connectivity index (χ0n) is 14.7. The fourth-order valence-corrected chi connectivity index (χ4v) is 2.40. The number of carbonyl (C=O) groups excluding carboxylic acids is 2. The SMILES string of the molecule is NC(=O)c1ccnc(-c2ccc(NC(=O)OCCCn3cccn3)cn2)c1F. The van der Waals surface area contributed by atoms with Crippen LogP contribution in [0.15, 0.2) is 49.1 Å². The number of pyridine rings is 2. The third-order valence-corrected chi connectivity index (χ3v) is 3.73. The average Bonchev–Trinajstić information content (AvgIpc) is 3.19. The third-order valence-electron chi connectivity index (χ3n) is 3.73. The van der Waals surface area contributed by atoms with Gasteiger partial charge in [-0.3, -0.25) is 24.8 Å². The molecule has 0 aromatic carbocycles. The van der Waals surface area contributed by atoms with Crippen molar-refractivity contribution in [3.63, 3.8) is 0 Å². The summed E-state index contributed by atoms with van der Waals surface area (Å²) in [5.74, 6) is -1.74. The van der Waals surface area contributed by atoms with Gasteiger partial charge in [0, 0.05) is 31.6 Å². The van der Waals surface area contributed by atoms with E-state index in [1.807, 2.05) is 12.3 Å². The molecule has 0 spiro atoms. The van der Waals surface area contributed by atoms with E-state index in [0.717, 1.165) is 0 Å². The number of primary amides is 1. The standard InChI is InChI=1S/C18H17FN6O3/c19-15-13(17(20)26)5-7-21-16(15)14-4-3-12(11-22-14)24-18(27)28-10-2-9-25-8-1-6-23-25/h1,3-8,11H,2,9-10H2,(H2,20,26)(H,24,27). The number of aromatic nitrogens is 4. The highest BCUT2D eigenvalue weighted by molar-refractivity contribution is 5.94. The number of ether oxygens (including phenoxy) is 1. The van der Waals surface area contributed by atoms with E-state index in [1.54, 1.807) is 10.9 Å². The van der Waals surface area contributed by atoms with E-state index in [0.29, 0.717) is 18.7 Å². The zero-order chi connectivity index (χ0) is 19.9. The van der Waals surface area contributed by atoms with Gasteiger partial charge in [0.2, 0.25) is 0 Å². The van der Waals surface area contributed by atoms with Gasteiger partial charge in [-0.1, -0.05) is 0 Å². The first-order valence-electron chi connectivity index (χ1n) is 8.36. The average molecular weight is 384 g/mol. The van der Waals surface area contributed by atoms with Crippen molar-refractivity contribution in [2.75, 3.05) is 11.9 Å². The highest BCUT2D eigenvalue weighted by Gasteiger charge is 2.16. The number of halogens is 1. The molecule has 0 aliphatic heterocycles. The number of anilines is 1. The van der Waals surface area contributed by atoms with Gasteiger partial charge >= 0.3 is 6.09 Å². The monoisotopic (exact) mass is 384 g/mol. The van der Waals surface area contributed by atoms with Gasteiger partial charge in [-0.15, -0.1) is 0 Å². The summed E-state index contributed by atoms with van der Waals surface area (Å²) in [6, 6.07) is 5.99. The number of nitrogens with zero attached hydrogens (tertiary/aromatic N) is 4. The van der Waals surface area contributed by atoms with E-state index in [9.17, 15) is 14.0 Å². The Kier molecular flexibility index (Phi) is 5.90. The number of hydrogen-bond acceptors (Lipinski definition) is 6. The number of nitrogens with two attached hydrogens (primary N) is 1. The van der Waals surface area contributed by atoms with E-state index < -0.39 is 17.8 Å². The Morgan fingerprint density at radius 1 is 1.21 bits per heavy atom. The van der Waals surface area contributed by atoms with Crippen LogP contribution in [-0.4, -0.2) is 38.4 Å². The summed E-state index contributed by atoms with van der Waals surface area (Å²) < 4.78 is 21.1. The first-order chi connectivity index (χ1) is 13.5. The van der Waals surface area contributed by atoms with Crippen LogP contribution in [0.1, 0.15) is 16.8 Å². The van der Waals surface area contributed by atoms with Crippen LogP contribution in [0.4, 0.5) is 14.9 Å². The van der Waals surface area contributed by atoms with Crippen molar-refractivity contribution in [3.05, 3.63) is 60.4 Å². The van der Waals surface area contributed by atoms with Crippen LogP contribution < -0.4 is 11.1 Å². The van der Waals surface area contributed by atoms with E-state index in [1.165, 1.54) is 30.6 Å². The van der Waals surface area contributed by atoms with Crippen LogP contribution in [0.3, 0.4) is 0 Å². The molecule has 0 bridgehead atoms. The molecule has 3 aromatic heterocycles. The van der Waals surface area contributed by atoms with Gasteiger partial charge < -0.3 is 10.5 Å². The van der Waals surface area contributed by atoms with Gasteiger partial charge in [0.15, 0.2) is 5.82 Å². The van der Waals surface area contributed by atoms with Gasteiger partial charge in [0.1, 0.15) is 5.69 Å². The van der Waals surface area contributed by atoms with Crippen molar-refractivity contribution in [2.45, 2.75) is 13.0 Å². The Morgan fingerprint density at radius 3 is 2.75 bits per heavy atom. The molecule has 3 heterocycles. The molecule has 28 heavy (non-hydrogen) atoms. The summed E-state index contributed by atoms with van der Waals surface area (Å²) in [4.78, 5) is 31.0. The van der Waals surface area contributed by atoms with Crippen molar-refractivity contribution < 1.29 is 18.7 Å². The molecule has 144 valence electrons. The molecular formula is C18H17FN6O3. The molecule has 0 saturated heterocycles. The smallest absolute Gasteiger partial charge is 0.411 e. The van der Waals surface area contributed by atoms with Gasteiger partial charge in [-0.25, -0.2) is 9.18 Å². The predicted molar refractivity (Wildman–Crippen MR) is 97.8 cm³/mol. The van der Waals surface area contributed by atoms with Crippen molar-refractivity contribution in [3.8, 4) is 11.4 Å². The van der Waals surface area contributed by atoms with Gasteiger partial charge in [0.25, 0.3) is 5.91 Å². The summed E-state index contributed by atoms with van der Waals surface area (Å²) in [5.41, 5.74) is 5.31. The lowest BCUT2D eigenvalue weighted by molar-refractivity contribution is 0.0996. The summed E-state index contributed by atoms with van der Waals surface area (Å²) in [7, 11) is 0. The molecule has 10 heteroatoms. The lowest BCUT2D eigenvalue weighted by Crippen LogP contribution is -2.15. The Hall–Kier alpha value is -3.82. The number of carbonyl (C=O) groups is 2. The largest absolute Gasteiger partial charge is 0.449 e. The van der Waals surface area contributed by atoms with Crippen LogP contribution in [0.2, 0.25) is 0 Å². The number of aryl methyl sites for hydroxylation is 1. The second-order valence-corrected chi connectivity index (χ2v) is 5.70. The third kappa shape index (κ3) is 4.67. The highest BCUT2D eigenvalue weighted by atomic mass is 19.1. The van der Waals surface area contributed by atoms with Crippen molar-refractivity contribution in [1.82, 2.24) is 19.7 Å². The molecule has 0 saturated carbocycles. The molecule has 9 nitrogen and oxygen atoms in total. The van der Waals surface area contributed by atoms with Crippen LogP contribution in [0.5, 0.6) is 0 Å². The van der Waals surface area contributed by atoms with E-state index >= 15 is 0 Å². The van der Waals surface area contributed by atoms with Crippen molar-refractivity contribution in [1.29, 1.82) is 0 Å². The van der Waals surface area contributed by atoms with Gasteiger partial charge in [0.05, 0.1) is 29.7 Å². The van der Waals surface area contributed by atoms with Crippen molar-refractivity contribution >= 4 is 17.7 Å². The molecule has 3 aromatic rings. The van der Waals surface area contributed by atoms with Crippen LogP contribution in [0, 0.1) is 5.82 Å². The Balaban J connectivity index is 1.55. The Bertz CT molecular complexity index is 960. The quantitative estimate of drug-likeness (QED) is 0.602. The van der Waals surface area contributed by atoms with E-state index in [-0.39, 0.29) is 23.6 Å². The molecule has 2 amide bonds. The van der Waals surface area contributed by atoms with Crippen molar-refractivity contribution in [2.24, 2.45) is 5.73 Å². The number of rotatable bonds is 7. The Labute approximate surface area is 159 Å². The molecule has 0 aliphatic rings. The molecule has 0 aliphatic carbocycles.